The fourth-order valence-corrected chi connectivity index (χ4v) is 1.84. The van der Waals surface area contributed by atoms with Crippen molar-refractivity contribution in [2.45, 2.75) is 32.5 Å². The van der Waals surface area contributed by atoms with Gasteiger partial charge in [0.15, 0.2) is 0 Å². The predicted molar refractivity (Wildman–Crippen MR) is 53.8 cm³/mol. The first-order chi connectivity index (χ1) is 6.75. The average Bonchev–Trinajstić information content (AvgIpc) is 2.64. The van der Waals surface area contributed by atoms with Crippen molar-refractivity contribution in [2.75, 3.05) is 13.1 Å². The molecule has 2 rings (SSSR count). The molecule has 0 bridgehead atoms. The van der Waals surface area contributed by atoms with Crippen LogP contribution in [0.25, 0.3) is 0 Å². The maximum Gasteiger partial charge on any atom is 0.124 e. The molecule has 2 unspecified atom stereocenters. The smallest absolute Gasteiger partial charge is 0.124 e. The van der Waals surface area contributed by atoms with Crippen LogP contribution in [0.15, 0.2) is 16.9 Å². The topological polar surface area (TPSA) is 41.3 Å². The molecular formula is C10H17N3O. The normalized spacial score (nSPS) is 29.3. The van der Waals surface area contributed by atoms with Crippen molar-refractivity contribution < 1.29 is 4.52 Å². The van der Waals surface area contributed by atoms with Crippen molar-refractivity contribution >= 4 is 0 Å². The van der Waals surface area contributed by atoms with Gasteiger partial charge < -0.3 is 9.84 Å². The maximum atomic E-state index is 4.83. The number of hydrogen-bond donors (Lipinski definition) is 1. The van der Waals surface area contributed by atoms with Crippen LogP contribution in [0.2, 0.25) is 0 Å². The van der Waals surface area contributed by atoms with Crippen molar-refractivity contribution in [3.63, 3.8) is 0 Å². The van der Waals surface area contributed by atoms with E-state index >= 15 is 0 Å². The lowest BCUT2D eigenvalue weighted by Crippen LogP contribution is -2.53. The summed E-state index contributed by atoms with van der Waals surface area (Å²) >= 11 is 0. The third-order valence-electron chi connectivity index (χ3n) is 2.75. The molecule has 1 saturated heterocycles. The summed E-state index contributed by atoms with van der Waals surface area (Å²) in [5, 5.41) is 7.39. The summed E-state index contributed by atoms with van der Waals surface area (Å²) in [7, 11) is 0. The van der Waals surface area contributed by atoms with Crippen LogP contribution < -0.4 is 5.32 Å². The van der Waals surface area contributed by atoms with E-state index in [1.54, 1.807) is 6.26 Å². The van der Waals surface area contributed by atoms with Gasteiger partial charge in [-0.2, -0.15) is 0 Å². The molecule has 0 radical (unpaired) electrons. The first kappa shape index (κ1) is 9.68. The molecule has 1 aromatic rings. The highest BCUT2D eigenvalue weighted by molar-refractivity contribution is 4.96. The molecule has 2 heterocycles. The molecule has 78 valence electrons. The zero-order chi connectivity index (χ0) is 9.97. The highest BCUT2D eigenvalue weighted by atomic mass is 16.5. The number of nitrogens with zero attached hydrogens (tertiary/aromatic N) is 2. The van der Waals surface area contributed by atoms with E-state index in [1.807, 2.05) is 6.07 Å². The van der Waals surface area contributed by atoms with E-state index in [2.05, 4.69) is 29.2 Å². The number of rotatable bonds is 2. The van der Waals surface area contributed by atoms with Gasteiger partial charge in [0.05, 0.1) is 5.69 Å². The lowest BCUT2D eigenvalue weighted by atomic mass is 10.1. The Bertz CT molecular complexity index is 273. The molecule has 1 fully saturated rings. The summed E-state index contributed by atoms with van der Waals surface area (Å²) in [6.45, 7) is 7.47. The Morgan fingerprint density at radius 1 is 1.64 bits per heavy atom. The molecule has 0 saturated carbocycles. The first-order valence-corrected chi connectivity index (χ1v) is 5.12. The molecule has 1 aliphatic rings. The minimum atomic E-state index is 0.568. The maximum absolute atomic E-state index is 4.83. The molecular weight excluding hydrogens is 178 g/mol. The molecule has 0 aromatic carbocycles. The average molecular weight is 195 g/mol. The molecule has 0 amide bonds. The number of aromatic nitrogens is 1. The Labute approximate surface area is 84.3 Å². The lowest BCUT2D eigenvalue weighted by Gasteiger charge is -2.36. The second-order valence-corrected chi connectivity index (χ2v) is 4.08. The SMILES string of the molecule is CC1CN(Cc2ccon2)C(C)CN1. The molecule has 4 nitrogen and oxygen atoms in total. The summed E-state index contributed by atoms with van der Waals surface area (Å²) in [6, 6.07) is 3.07. The predicted octanol–water partition coefficient (Wildman–Crippen LogP) is 0.857. The van der Waals surface area contributed by atoms with Crippen molar-refractivity contribution in [3.8, 4) is 0 Å². The number of piperazine rings is 1. The lowest BCUT2D eigenvalue weighted by molar-refractivity contribution is 0.135. The highest BCUT2D eigenvalue weighted by Gasteiger charge is 2.22. The monoisotopic (exact) mass is 195 g/mol. The molecule has 0 spiro atoms. The summed E-state index contributed by atoms with van der Waals surface area (Å²) in [6.07, 6.45) is 1.63. The zero-order valence-electron chi connectivity index (χ0n) is 8.73. The van der Waals surface area contributed by atoms with Crippen LogP contribution in [0, 0.1) is 0 Å². The van der Waals surface area contributed by atoms with Gasteiger partial charge in [0.1, 0.15) is 6.26 Å². The van der Waals surface area contributed by atoms with Gasteiger partial charge in [0, 0.05) is 37.8 Å². The third-order valence-corrected chi connectivity index (χ3v) is 2.75. The Morgan fingerprint density at radius 3 is 3.21 bits per heavy atom. The van der Waals surface area contributed by atoms with Crippen LogP contribution >= 0.6 is 0 Å². The van der Waals surface area contributed by atoms with Gasteiger partial charge in [0.25, 0.3) is 0 Å². The van der Waals surface area contributed by atoms with E-state index in [9.17, 15) is 0 Å². The van der Waals surface area contributed by atoms with Crippen LogP contribution in [-0.2, 0) is 6.54 Å². The number of hydrogen-bond acceptors (Lipinski definition) is 4. The van der Waals surface area contributed by atoms with Gasteiger partial charge in [-0.15, -0.1) is 0 Å². The van der Waals surface area contributed by atoms with Crippen molar-refractivity contribution in [3.05, 3.63) is 18.0 Å². The zero-order valence-corrected chi connectivity index (χ0v) is 8.73. The Morgan fingerprint density at radius 2 is 2.50 bits per heavy atom. The quantitative estimate of drug-likeness (QED) is 0.760. The van der Waals surface area contributed by atoms with Crippen molar-refractivity contribution in [1.29, 1.82) is 0 Å². The van der Waals surface area contributed by atoms with E-state index in [4.69, 9.17) is 4.52 Å². The van der Waals surface area contributed by atoms with Crippen LogP contribution in [0.1, 0.15) is 19.5 Å². The van der Waals surface area contributed by atoms with E-state index < -0.39 is 0 Å². The van der Waals surface area contributed by atoms with Crippen LogP contribution in [-0.4, -0.2) is 35.2 Å². The second-order valence-electron chi connectivity index (χ2n) is 4.08. The summed E-state index contributed by atoms with van der Waals surface area (Å²) in [4.78, 5) is 2.43. The van der Waals surface area contributed by atoms with E-state index in [-0.39, 0.29) is 0 Å². The summed E-state index contributed by atoms with van der Waals surface area (Å²) in [5.41, 5.74) is 1.02. The van der Waals surface area contributed by atoms with E-state index in [0.29, 0.717) is 12.1 Å². The molecule has 14 heavy (non-hydrogen) atoms. The van der Waals surface area contributed by atoms with Crippen LogP contribution in [0.3, 0.4) is 0 Å². The van der Waals surface area contributed by atoms with Gasteiger partial charge in [-0.3, -0.25) is 4.90 Å². The molecule has 1 aromatic heterocycles. The van der Waals surface area contributed by atoms with Crippen LogP contribution in [0.5, 0.6) is 0 Å². The Hall–Kier alpha value is -0.870. The standard InChI is InChI=1S/C10H17N3O/c1-8-6-13(9(2)5-11-8)7-10-3-4-14-12-10/h3-4,8-9,11H,5-7H2,1-2H3. The van der Waals surface area contributed by atoms with E-state index in [0.717, 1.165) is 25.3 Å². The minimum Gasteiger partial charge on any atom is -0.364 e. The van der Waals surface area contributed by atoms with Gasteiger partial charge in [-0.25, -0.2) is 0 Å². The van der Waals surface area contributed by atoms with Gasteiger partial charge >= 0.3 is 0 Å². The summed E-state index contributed by atoms with van der Waals surface area (Å²) in [5.74, 6) is 0. The molecule has 0 aliphatic carbocycles. The number of nitrogens with one attached hydrogen (secondary N) is 1. The fraction of sp³-hybridized carbons (Fsp3) is 0.700. The van der Waals surface area contributed by atoms with Gasteiger partial charge in [-0.1, -0.05) is 5.16 Å². The fourth-order valence-electron chi connectivity index (χ4n) is 1.84. The van der Waals surface area contributed by atoms with Crippen LogP contribution in [0.4, 0.5) is 0 Å². The Kier molecular flexibility index (Phi) is 2.84. The first-order valence-electron chi connectivity index (χ1n) is 5.12. The van der Waals surface area contributed by atoms with Crippen molar-refractivity contribution in [1.82, 2.24) is 15.4 Å². The second kappa shape index (κ2) is 4.11. The van der Waals surface area contributed by atoms with Crippen molar-refractivity contribution in [2.24, 2.45) is 0 Å². The molecule has 2 atom stereocenters. The Balaban J connectivity index is 1.95. The minimum absolute atomic E-state index is 0.568. The highest BCUT2D eigenvalue weighted by Crippen LogP contribution is 2.10. The summed E-state index contributed by atoms with van der Waals surface area (Å²) < 4.78 is 4.83. The third kappa shape index (κ3) is 2.13. The van der Waals surface area contributed by atoms with E-state index in [1.165, 1.54) is 0 Å². The molecule has 1 N–H and O–H groups in total. The van der Waals surface area contributed by atoms with Gasteiger partial charge in [0.2, 0.25) is 0 Å². The molecule has 1 aliphatic heterocycles. The largest absolute Gasteiger partial charge is 0.364 e. The van der Waals surface area contributed by atoms with Gasteiger partial charge in [-0.05, 0) is 13.8 Å². The molecule has 4 heteroatoms.